The van der Waals surface area contributed by atoms with Gasteiger partial charge in [0.2, 0.25) is 0 Å². The number of nitrogens with one attached hydrogen (secondary N) is 1. The van der Waals surface area contributed by atoms with Crippen LogP contribution in [0.1, 0.15) is 12.5 Å². The van der Waals surface area contributed by atoms with Crippen LogP contribution in [0.4, 0.5) is 0 Å². The number of halogens is 2. The molecule has 0 spiro atoms. The lowest BCUT2D eigenvalue weighted by molar-refractivity contribution is 0.409. The van der Waals surface area contributed by atoms with E-state index in [1.807, 2.05) is 19.1 Å². The zero-order chi connectivity index (χ0) is 12.0. The minimum atomic E-state index is 0.706. The summed E-state index contributed by atoms with van der Waals surface area (Å²) in [5.74, 6) is 6.62. The Hall–Kier alpha value is -0.500. The first kappa shape index (κ1) is 13.6. The first-order valence-electron chi connectivity index (χ1n) is 4.81. The standard InChI is InChI=1S/C12H13Br2NO/c1-3-4-5-15-8-9-6-10(13)12(16-2)11(14)7-9/h6-7,15H,5,8H2,1-2H3. The molecule has 0 aromatic heterocycles. The van der Waals surface area contributed by atoms with E-state index in [4.69, 9.17) is 4.74 Å². The summed E-state index contributed by atoms with van der Waals surface area (Å²) >= 11 is 6.94. The van der Waals surface area contributed by atoms with Crippen molar-refractivity contribution in [2.75, 3.05) is 13.7 Å². The Bertz CT molecular complexity index is 398. The number of hydrogen-bond donors (Lipinski definition) is 1. The first-order chi connectivity index (χ1) is 7.69. The maximum Gasteiger partial charge on any atom is 0.147 e. The third-order valence-electron chi connectivity index (χ3n) is 1.98. The van der Waals surface area contributed by atoms with Gasteiger partial charge in [0.25, 0.3) is 0 Å². The van der Waals surface area contributed by atoms with Crippen molar-refractivity contribution in [3.05, 3.63) is 26.6 Å². The van der Waals surface area contributed by atoms with Crippen LogP contribution in [0.3, 0.4) is 0 Å². The summed E-state index contributed by atoms with van der Waals surface area (Å²) in [6, 6.07) is 4.08. The molecule has 0 saturated carbocycles. The lowest BCUT2D eigenvalue weighted by Gasteiger charge is -2.09. The lowest BCUT2D eigenvalue weighted by Crippen LogP contribution is -2.13. The topological polar surface area (TPSA) is 21.3 Å². The molecule has 0 bridgehead atoms. The molecule has 0 saturated heterocycles. The number of ether oxygens (including phenoxy) is 1. The molecule has 1 rings (SSSR count). The van der Waals surface area contributed by atoms with E-state index in [-0.39, 0.29) is 0 Å². The van der Waals surface area contributed by atoms with E-state index in [1.165, 1.54) is 5.56 Å². The highest BCUT2D eigenvalue weighted by Gasteiger charge is 2.07. The highest BCUT2D eigenvalue weighted by Crippen LogP contribution is 2.34. The van der Waals surface area contributed by atoms with Crippen LogP contribution in [0.25, 0.3) is 0 Å². The fraction of sp³-hybridized carbons (Fsp3) is 0.333. The smallest absolute Gasteiger partial charge is 0.147 e. The van der Waals surface area contributed by atoms with Gasteiger partial charge in [-0.15, -0.1) is 5.92 Å². The Kier molecular flexibility index (Phi) is 5.89. The van der Waals surface area contributed by atoms with Gasteiger partial charge in [-0.1, -0.05) is 5.92 Å². The van der Waals surface area contributed by atoms with Crippen molar-refractivity contribution in [2.24, 2.45) is 0 Å². The summed E-state index contributed by atoms with van der Waals surface area (Å²) < 4.78 is 7.13. The second-order valence-corrected chi connectivity index (χ2v) is 4.83. The van der Waals surface area contributed by atoms with E-state index in [9.17, 15) is 0 Å². The number of methoxy groups -OCH3 is 1. The molecular formula is C12H13Br2NO. The molecule has 0 radical (unpaired) electrons. The van der Waals surface area contributed by atoms with E-state index in [0.717, 1.165) is 21.2 Å². The summed E-state index contributed by atoms with van der Waals surface area (Å²) in [5, 5.41) is 3.24. The van der Waals surface area contributed by atoms with Crippen molar-refractivity contribution in [2.45, 2.75) is 13.5 Å². The lowest BCUT2D eigenvalue weighted by atomic mass is 10.2. The molecule has 0 aliphatic rings. The molecule has 0 aliphatic carbocycles. The molecule has 0 heterocycles. The van der Waals surface area contributed by atoms with Crippen LogP contribution in [-0.2, 0) is 6.54 Å². The summed E-state index contributed by atoms with van der Waals surface area (Å²) in [5.41, 5.74) is 1.18. The molecule has 2 nitrogen and oxygen atoms in total. The largest absolute Gasteiger partial charge is 0.494 e. The Labute approximate surface area is 113 Å². The van der Waals surface area contributed by atoms with Gasteiger partial charge in [-0.2, -0.15) is 0 Å². The van der Waals surface area contributed by atoms with Crippen molar-refractivity contribution in [1.82, 2.24) is 5.32 Å². The van der Waals surface area contributed by atoms with Crippen molar-refractivity contribution < 1.29 is 4.74 Å². The fourth-order valence-electron chi connectivity index (χ4n) is 1.27. The number of hydrogen-bond acceptors (Lipinski definition) is 2. The van der Waals surface area contributed by atoms with Crippen molar-refractivity contribution in [1.29, 1.82) is 0 Å². The van der Waals surface area contributed by atoms with Crippen molar-refractivity contribution in [3.63, 3.8) is 0 Å². The molecule has 1 N–H and O–H groups in total. The van der Waals surface area contributed by atoms with Gasteiger partial charge >= 0.3 is 0 Å². The van der Waals surface area contributed by atoms with Gasteiger partial charge in [-0.05, 0) is 56.5 Å². The molecule has 16 heavy (non-hydrogen) atoms. The second-order valence-electron chi connectivity index (χ2n) is 3.12. The highest BCUT2D eigenvalue weighted by molar-refractivity contribution is 9.11. The third kappa shape index (κ3) is 3.82. The summed E-state index contributed by atoms with van der Waals surface area (Å²) in [4.78, 5) is 0. The zero-order valence-corrected chi connectivity index (χ0v) is 12.4. The maximum atomic E-state index is 5.24. The van der Waals surface area contributed by atoms with Crippen molar-refractivity contribution >= 4 is 31.9 Å². The van der Waals surface area contributed by atoms with E-state index < -0.39 is 0 Å². The van der Waals surface area contributed by atoms with Gasteiger partial charge in [0, 0.05) is 6.54 Å². The van der Waals surface area contributed by atoms with Crippen LogP contribution in [0.15, 0.2) is 21.1 Å². The molecule has 86 valence electrons. The Morgan fingerprint density at radius 2 is 1.94 bits per heavy atom. The molecule has 0 amide bonds. The first-order valence-corrected chi connectivity index (χ1v) is 6.40. The van der Waals surface area contributed by atoms with Crippen LogP contribution in [0, 0.1) is 11.8 Å². The second kappa shape index (κ2) is 6.95. The van der Waals surface area contributed by atoms with Gasteiger partial charge in [0.05, 0.1) is 22.6 Å². The minimum Gasteiger partial charge on any atom is -0.494 e. The van der Waals surface area contributed by atoms with Gasteiger partial charge in [-0.25, -0.2) is 0 Å². The molecule has 0 aliphatic heterocycles. The molecule has 0 unspecified atom stereocenters. The van der Waals surface area contributed by atoms with Crippen LogP contribution in [0.5, 0.6) is 5.75 Å². The quantitative estimate of drug-likeness (QED) is 0.667. The normalized spacial score (nSPS) is 9.50. The summed E-state index contributed by atoms with van der Waals surface area (Å²) in [6.45, 7) is 3.33. The molecule has 4 heteroatoms. The highest BCUT2D eigenvalue weighted by atomic mass is 79.9. The number of rotatable bonds is 4. The van der Waals surface area contributed by atoms with Crippen LogP contribution < -0.4 is 10.1 Å². The average Bonchev–Trinajstić information content (AvgIpc) is 2.24. The molecule has 0 fully saturated rings. The Morgan fingerprint density at radius 1 is 1.31 bits per heavy atom. The molecule has 1 aromatic rings. The fourth-order valence-corrected chi connectivity index (χ4v) is 2.87. The molecule has 0 atom stereocenters. The summed E-state index contributed by atoms with van der Waals surface area (Å²) in [6.07, 6.45) is 0. The minimum absolute atomic E-state index is 0.706. The van der Waals surface area contributed by atoms with Crippen molar-refractivity contribution in [3.8, 4) is 17.6 Å². The van der Waals surface area contributed by atoms with Crippen LogP contribution in [0.2, 0.25) is 0 Å². The van der Waals surface area contributed by atoms with E-state index in [2.05, 4.69) is 49.0 Å². The zero-order valence-electron chi connectivity index (χ0n) is 9.23. The number of benzene rings is 1. The van der Waals surface area contributed by atoms with Crippen LogP contribution in [-0.4, -0.2) is 13.7 Å². The van der Waals surface area contributed by atoms with Gasteiger partial charge in [0.1, 0.15) is 5.75 Å². The monoisotopic (exact) mass is 345 g/mol. The Balaban J connectivity index is 2.70. The maximum absolute atomic E-state index is 5.24. The van der Waals surface area contributed by atoms with Gasteiger partial charge in [-0.3, -0.25) is 0 Å². The van der Waals surface area contributed by atoms with Gasteiger partial charge in [0.15, 0.2) is 0 Å². The van der Waals surface area contributed by atoms with E-state index in [1.54, 1.807) is 7.11 Å². The van der Waals surface area contributed by atoms with E-state index in [0.29, 0.717) is 6.54 Å². The Morgan fingerprint density at radius 3 is 2.44 bits per heavy atom. The van der Waals surface area contributed by atoms with E-state index >= 15 is 0 Å². The predicted octanol–water partition coefficient (Wildman–Crippen LogP) is 3.33. The van der Waals surface area contributed by atoms with Gasteiger partial charge < -0.3 is 10.1 Å². The molecule has 1 aromatic carbocycles. The van der Waals surface area contributed by atoms with Crippen LogP contribution >= 0.6 is 31.9 Å². The summed E-state index contributed by atoms with van der Waals surface area (Å²) in [7, 11) is 1.65. The predicted molar refractivity (Wildman–Crippen MR) is 73.6 cm³/mol. The third-order valence-corrected chi connectivity index (χ3v) is 3.16. The molecular weight excluding hydrogens is 334 g/mol. The SMILES string of the molecule is CC#CCNCc1cc(Br)c(OC)c(Br)c1. The average molecular weight is 347 g/mol.